The van der Waals surface area contributed by atoms with Gasteiger partial charge in [-0.2, -0.15) is 5.10 Å². The van der Waals surface area contributed by atoms with Gasteiger partial charge < -0.3 is 10.1 Å². The molecule has 4 heteroatoms. The summed E-state index contributed by atoms with van der Waals surface area (Å²) in [5.41, 5.74) is 2.32. The van der Waals surface area contributed by atoms with Crippen molar-refractivity contribution < 1.29 is 4.74 Å². The minimum Gasteiger partial charge on any atom is -0.382 e. The Hall–Kier alpha value is -1.03. The molecule has 2 rings (SSSR count). The normalized spacial score (nSPS) is 21.4. The van der Waals surface area contributed by atoms with Crippen molar-refractivity contribution in [3.63, 3.8) is 0 Å². The van der Waals surface area contributed by atoms with Gasteiger partial charge in [0.1, 0.15) is 0 Å². The molecule has 1 aliphatic rings. The van der Waals surface area contributed by atoms with E-state index >= 15 is 0 Å². The summed E-state index contributed by atoms with van der Waals surface area (Å²) in [6.07, 6.45) is 3.05. The maximum Gasteiger partial charge on any atom is 0.0756 e. The number of nitrogens with one attached hydrogen (secondary N) is 1. The first-order valence-electron chi connectivity index (χ1n) is 5.07. The van der Waals surface area contributed by atoms with Gasteiger partial charge >= 0.3 is 0 Å². The van der Waals surface area contributed by atoms with E-state index in [4.69, 9.17) is 4.74 Å². The van der Waals surface area contributed by atoms with Crippen LogP contribution in [-0.2, 0) is 11.8 Å². The van der Waals surface area contributed by atoms with Crippen molar-refractivity contribution in [2.45, 2.75) is 13.3 Å². The average Bonchev–Trinajstić information content (AvgIpc) is 2.77. The van der Waals surface area contributed by atoms with Gasteiger partial charge in [0.25, 0.3) is 0 Å². The van der Waals surface area contributed by atoms with Crippen molar-refractivity contribution in [1.29, 1.82) is 0 Å². The SMILES string of the molecule is Cc1c(NCC2CCOC2)cnn1C. The molecule has 0 amide bonds. The molecule has 0 saturated carbocycles. The highest BCUT2D eigenvalue weighted by Crippen LogP contribution is 2.16. The zero-order valence-electron chi connectivity index (χ0n) is 8.79. The zero-order valence-corrected chi connectivity index (χ0v) is 8.79. The highest BCUT2D eigenvalue weighted by atomic mass is 16.5. The second kappa shape index (κ2) is 4.00. The summed E-state index contributed by atoms with van der Waals surface area (Å²) in [7, 11) is 1.96. The van der Waals surface area contributed by atoms with Crippen LogP contribution in [0.1, 0.15) is 12.1 Å². The molecule has 1 aliphatic heterocycles. The minimum absolute atomic E-state index is 0.662. The van der Waals surface area contributed by atoms with Crippen molar-refractivity contribution in [1.82, 2.24) is 9.78 Å². The molecule has 4 nitrogen and oxygen atoms in total. The first kappa shape index (κ1) is 9.52. The molecule has 1 aromatic heterocycles. The summed E-state index contributed by atoms with van der Waals surface area (Å²) in [6.45, 7) is 4.87. The number of aryl methyl sites for hydroxylation is 1. The standard InChI is InChI=1S/C10H17N3O/c1-8-10(6-12-13(8)2)11-5-9-3-4-14-7-9/h6,9,11H,3-5,7H2,1-2H3. The van der Waals surface area contributed by atoms with E-state index in [2.05, 4.69) is 17.3 Å². The molecule has 0 bridgehead atoms. The summed E-state index contributed by atoms with van der Waals surface area (Å²) < 4.78 is 7.20. The van der Waals surface area contributed by atoms with Crippen LogP contribution in [0.15, 0.2) is 6.20 Å². The molecule has 1 aromatic rings. The fourth-order valence-corrected chi connectivity index (χ4v) is 1.67. The van der Waals surface area contributed by atoms with Crippen LogP contribution in [0, 0.1) is 12.8 Å². The molecular formula is C10H17N3O. The van der Waals surface area contributed by atoms with E-state index in [0.29, 0.717) is 5.92 Å². The predicted molar refractivity (Wildman–Crippen MR) is 55.4 cm³/mol. The van der Waals surface area contributed by atoms with Gasteiger partial charge in [0.05, 0.1) is 24.2 Å². The molecule has 1 atom stereocenters. The molecule has 1 N–H and O–H groups in total. The molecule has 0 aromatic carbocycles. The quantitative estimate of drug-likeness (QED) is 0.787. The Morgan fingerprint density at radius 1 is 1.71 bits per heavy atom. The highest BCUT2D eigenvalue weighted by molar-refractivity contribution is 5.45. The molecule has 0 spiro atoms. The summed E-state index contributed by atoms with van der Waals surface area (Å²) >= 11 is 0. The monoisotopic (exact) mass is 195 g/mol. The first-order valence-corrected chi connectivity index (χ1v) is 5.07. The molecule has 78 valence electrons. The molecule has 1 unspecified atom stereocenters. The van der Waals surface area contributed by atoms with E-state index < -0.39 is 0 Å². The van der Waals surface area contributed by atoms with Crippen LogP contribution < -0.4 is 5.32 Å². The maximum atomic E-state index is 5.32. The average molecular weight is 195 g/mol. The lowest BCUT2D eigenvalue weighted by atomic mass is 10.1. The summed E-state index contributed by atoms with van der Waals surface area (Å²) in [5.74, 6) is 0.662. The third-order valence-corrected chi connectivity index (χ3v) is 2.84. The first-order chi connectivity index (χ1) is 6.77. The van der Waals surface area contributed by atoms with Crippen LogP contribution in [0.2, 0.25) is 0 Å². The van der Waals surface area contributed by atoms with Crippen LogP contribution >= 0.6 is 0 Å². The molecule has 0 radical (unpaired) electrons. The van der Waals surface area contributed by atoms with Crippen molar-refractivity contribution in [3.05, 3.63) is 11.9 Å². The van der Waals surface area contributed by atoms with Gasteiger partial charge in [0.2, 0.25) is 0 Å². The summed E-state index contributed by atoms with van der Waals surface area (Å²) in [6, 6.07) is 0. The van der Waals surface area contributed by atoms with Gasteiger partial charge in [-0.15, -0.1) is 0 Å². The molecular weight excluding hydrogens is 178 g/mol. The van der Waals surface area contributed by atoms with E-state index in [1.54, 1.807) is 0 Å². The zero-order chi connectivity index (χ0) is 9.97. The fraction of sp³-hybridized carbons (Fsp3) is 0.700. The van der Waals surface area contributed by atoms with Crippen molar-refractivity contribution in [3.8, 4) is 0 Å². The molecule has 1 fully saturated rings. The number of hydrogen-bond donors (Lipinski definition) is 1. The van der Waals surface area contributed by atoms with Crippen LogP contribution in [0.25, 0.3) is 0 Å². The van der Waals surface area contributed by atoms with Gasteiger partial charge in [-0.1, -0.05) is 0 Å². The van der Waals surface area contributed by atoms with Gasteiger partial charge in [-0.25, -0.2) is 0 Å². The van der Waals surface area contributed by atoms with E-state index in [9.17, 15) is 0 Å². The molecule has 1 saturated heterocycles. The van der Waals surface area contributed by atoms with Crippen LogP contribution in [0.5, 0.6) is 0 Å². The van der Waals surface area contributed by atoms with Gasteiger partial charge in [0, 0.05) is 26.1 Å². The van der Waals surface area contributed by atoms with E-state index in [1.165, 1.54) is 12.1 Å². The third-order valence-electron chi connectivity index (χ3n) is 2.84. The number of rotatable bonds is 3. The number of nitrogens with zero attached hydrogens (tertiary/aromatic N) is 2. The van der Waals surface area contributed by atoms with E-state index in [1.807, 2.05) is 17.9 Å². The van der Waals surface area contributed by atoms with Crippen LogP contribution in [0.3, 0.4) is 0 Å². The lowest BCUT2D eigenvalue weighted by Crippen LogP contribution is -2.14. The second-order valence-electron chi connectivity index (χ2n) is 3.88. The van der Waals surface area contributed by atoms with Gasteiger partial charge in [-0.3, -0.25) is 4.68 Å². The van der Waals surface area contributed by atoms with Crippen LogP contribution in [-0.4, -0.2) is 29.5 Å². The lowest BCUT2D eigenvalue weighted by molar-refractivity contribution is 0.187. The minimum atomic E-state index is 0.662. The lowest BCUT2D eigenvalue weighted by Gasteiger charge is -2.09. The van der Waals surface area contributed by atoms with Crippen LogP contribution in [0.4, 0.5) is 5.69 Å². The fourth-order valence-electron chi connectivity index (χ4n) is 1.67. The number of anilines is 1. The van der Waals surface area contributed by atoms with Crippen molar-refractivity contribution in [2.75, 3.05) is 25.1 Å². The third kappa shape index (κ3) is 1.90. The Morgan fingerprint density at radius 3 is 3.14 bits per heavy atom. The van der Waals surface area contributed by atoms with E-state index in [0.717, 1.165) is 25.4 Å². The summed E-state index contributed by atoms with van der Waals surface area (Å²) in [4.78, 5) is 0. The number of ether oxygens (including phenoxy) is 1. The Bertz CT molecular complexity index is 302. The Kier molecular flexibility index (Phi) is 2.72. The Labute approximate surface area is 84.3 Å². The van der Waals surface area contributed by atoms with Gasteiger partial charge in [-0.05, 0) is 13.3 Å². The van der Waals surface area contributed by atoms with Gasteiger partial charge in [0.15, 0.2) is 0 Å². The Balaban J connectivity index is 1.88. The molecule has 0 aliphatic carbocycles. The highest BCUT2D eigenvalue weighted by Gasteiger charge is 2.15. The summed E-state index contributed by atoms with van der Waals surface area (Å²) in [5, 5.41) is 7.60. The number of hydrogen-bond acceptors (Lipinski definition) is 3. The topological polar surface area (TPSA) is 39.1 Å². The maximum absolute atomic E-state index is 5.32. The predicted octanol–water partition coefficient (Wildman–Crippen LogP) is 1.18. The smallest absolute Gasteiger partial charge is 0.0756 e. The second-order valence-corrected chi connectivity index (χ2v) is 3.88. The Morgan fingerprint density at radius 2 is 2.57 bits per heavy atom. The number of aromatic nitrogens is 2. The van der Waals surface area contributed by atoms with E-state index in [-0.39, 0.29) is 0 Å². The van der Waals surface area contributed by atoms with Crippen molar-refractivity contribution >= 4 is 5.69 Å². The molecule has 14 heavy (non-hydrogen) atoms. The van der Waals surface area contributed by atoms with Crippen molar-refractivity contribution in [2.24, 2.45) is 13.0 Å². The largest absolute Gasteiger partial charge is 0.382 e. The molecule has 2 heterocycles.